The zero-order valence-corrected chi connectivity index (χ0v) is 14.2. The number of carbonyl (C=O) groups is 1. The van der Waals surface area contributed by atoms with Gasteiger partial charge in [0.1, 0.15) is 5.69 Å². The van der Waals surface area contributed by atoms with Gasteiger partial charge in [0.15, 0.2) is 0 Å². The lowest BCUT2D eigenvalue weighted by molar-refractivity contribution is 0.0621. The van der Waals surface area contributed by atoms with Crippen LogP contribution in [0.25, 0.3) is 0 Å². The lowest BCUT2D eigenvalue weighted by Gasteiger charge is -2.34. The van der Waals surface area contributed by atoms with Gasteiger partial charge in [0.05, 0.1) is 0 Å². The molecule has 24 heavy (non-hydrogen) atoms. The smallest absolute Gasteiger partial charge is 0.274 e. The lowest BCUT2D eigenvalue weighted by Crippen LogP contribution is -2.48. The second-order valence-corrected chi connectivity index (χ2v) is 6.11. The van der Waals surface area contributed by atoms with Gasteiger partial charge in [0.25, 0.3) is 5.91 Å². The van der Waals surface area contributed by atoms with Crippen molar-refractivity contribution in [2.75, 3.05) is 26.2 Å². The van der Waals surface area contributed by atoms with Crippen molar-refractivity contribution < 1.29 is 4.79 Å². The van der Waals surface area contributed by atoms with Crippen LogP contribution in [0.3, 0.4) is 0 Å². The molecule has 7 heteroatoms. The van der Waals surface area contributed by atoms with Crippen LogP contribution < -0.4 is 5.56 Å². The summed E-state index contributed by atoms with van der Waals surface area (Å²) in [4.78, 5) is 28.1. The van der Waals surface area contributed by atoms with Gasteiger partial charge < -0.3 is 9.47 Å². The van der Waals surface area contributed by atoms with E-state index in [1.165, 1.54) is 0 Å². The second-order valence-electron chi connectivity index (χ2n) is 6.11. The molecule has 1 fully saturated rings. The fraction of sp³-hybridized carbons (Fsp3) is 0.471. The fourth-order valence-electron chi connectivity index (χ4n) is 2.93. The van der Waals surface area contributed by atoms with E-state index in [2.05, 4.69) is 10.00 Å². The highest BCUT2D eigenvalue weighted by Gasteiger charge is 2.23. The van der Waals surface area contributed by atoms with Crippen LogP contribution in [-0.2, 0) is 20.1 Å². The van der Waals surface area contributed by atoms with E-state index >= 15 is 0 Å². The van der Waals surface area contributed by atoms with Crippen LogP contribution in [0.2, 0.25) is 0 Å². The van der Waals surface area contributed by atoms with Gasteiger partial charge in [-0.3, -0.25) is 19.2 Å². The third-order valence-corrected chi connectivity index (χ3v) is 4.40. The summed E-state index contributed by atoms with van der Waals surface area (Å²) in [5.41, 5.74) is 1.63. The first kappa shape index (κ1) is 16.4. The molecule has 0 N–H and O–H groups in total. The minimum atomic E-state index is 0.000632. The molecule has 128 valence electrons. The molecule has 0 bridgehead atoms. The quantitative estimate of drug-likeness (QED) is 0.822. The number of rotatable bonds is 4. The van der Waals surface area contributed by atoms with Crippen LogP contribution in [0.5, 0.6) is 0 Å². The predicted molar refractivity (Wildman–Crippen MR) is 90.8 cm³/mol. The summed E-state index contributed by atoms with van der Waals surface area (Å²) in [6.07, 6.45) is 3.71. The van der Waals surface area contributed by atoms with Gasteiger partial charge in [-0.15, -0.1) is 0 Å². The van der Waals surface area contributed by atoms with Crippen molar-refractivity contribution in [2.45, 2.75) is 20.0 Å². The number of carbonyl (C=O) groups excluding carboxylic acids is 1. The monoisotopic (exact) mass is 329 g/mol. The van der Waals surface area contributed by atoms with Crippen LogP contribution in [0, 0.1) is 0 Å². The van der Waals surface area contributed by atoms with E-state index in [-0.39, 0.29) is 11.5 Å². The van der Waals surface area contributed by atoms with Crippen LogP contribution in [0.4, 0.5) is 0 Å². The summed E-state index contributed by atoms with van der Waals surface area (Å²) < 4.78 is 3.36. The third kappa shape index (κ3) is 3.56. The molecule has 1 aliphatic heterocycles. The summed E-state index contributed by atoms with van der Waals surface area (Å²) in [6, 6.07) is 5.25. The Morgan fingerprint density at radius 1 is 1.17 bits per heavy atom. The minimum Gasteiger partial charge on any atom is -0.335 e. The SMILES string of the molecule is CCn1ccc(C(=O)N2CCN(Cc3ccc(=O)n(C)c3)CC2)n1. The Morgan fingerprint density at radius 3 is 2.54 bits per heavy atom. The summed E-state index contributed by atoms with van der Waals surface area (Å²) >= 11 is 0. The Labute approximate surface area is 141 Å². The molecule has 0 unspecified atom stereocenters. The molecular weight excluding hydrogens is 306 g/mol. The summed E-state index contributed by atoms with van der Waals surface area (Å²) in [6.45, 7) is 6.60. The number of amides is 1. The van der Waals surface area contributed by atoms with Gasteiger partial charge in [0, 0.05) is 64.8 Å². The summed E-state index contributed by atoms with van der Waals surface area (Å²) in [5.74, 6) is 0.00366. The lowest BCUT2D eigenvalue weighted by atomic mass is 10.2. The van der Waals surface area contributed by atoms with Gasteiger partial charge in [-0.1, -0.05) is 6.07 Å². The first-order valence-electron chi connectivity index (χ1n) is 8.27. The highest BCUT2D eigenvalue weighted by Crippen LogP contribution is 2.10. The molecule has 0 radical (unpaired) electrons. The number of pyridine rings is 1. The number of nitrogens with zero attached hydrogens (tertiary/aromatic N) is 5. The predicted octanol–water partition coefficient (Wildman–Crippen LogP) is 0.560. The molecule has 0 aliphatic carbocycles. The third-order valence-electron chi connectivity index (χ3n) is 4.40. The Kier molecular flexibility index (Phi) is 4.80. The van der Waals surface area contributed by atoms with Gasteiger partial charge in [-0.2, -0.15) is 5.10 Å². The zero-order chi connectivity index (χ0) is 17.1. The van der Waals surface area contributed by atoms with Crippen molar-refractivity contribution >= 4 is 5.91 Å². The topological polar surface area (TPSA) is 63.4 Å². The minimum absolute atomic E-state index is 0.000632. The molecule has 0 aromatic carbocycles. The molecule has 2 aromatic heterocycles. The highest BCUT2D eigenvalue weighted by molar-refractivity contribution is 5.92. The van der Waals surface area contributed by atoms with E-state index in [9.17, 15) is 9.59 Å². The van der Waals surface area contributed by atoms with Gasteiger partial charge >= 0.3 is 0 Å². The standard InChI is InChI=1S/C17H23N5O2/c1-3-22-7-6-15(18-22)17(24)21-10-8-20(9-11-21)13-14-4-5-16(23)19(2)12-14/h4-7,12H,3,8-11,13H2,1-2H3. The van der Waals surface area contributed by atoms with Crippen molar-refractivity contribution in [1.82, 2.24) is 24.1 Å². The molecule has 3 heterocycles. The van der Waals surface area contributed by atoms with E-state index in [0.29, 0.717) is 18.8 Å². The Morgan fingerprint density at radius 2 is 1.92 bits per heavy atom. The Hall–Kier alpha value is -2.41. The average molecular weight is 329 g/mol. The number of hydrogen-bond acceptors (Lipinski definition) is 4. The van der Waals surface area contributed by atoms with Crippen molar-refractivity contribution in [3.8, 4) is 0 Å². The maximum absolute atomic E-state index is 12.5. The Bertz CT molecular complexity index is 771. The molecule has 1 amide bonds. The first-order chi connectivity index (χ1) is 11.6. The molecular formula is C17H23N5O2. The average Bonchev–Trinajstić information content (AvgIpc) is 3.07. The van der Waals surface area contributed by atoms with Crippen LogP contribution in [0.15, 0.2) is 35.4 Å². The van der Waals surface area contributed by atoms with Crippen molar-refractivity contribution in [1.29, 1.82) is 0 Å². The molecule has 1 saturated heterocycles. The number of hydrogen-bond donors (Lipinski definition) is 0. The maximum Gasteiger partial charge on any atom is 0.274 e. The molecule has 0 atom stereocenters. The van der Waals surface area contributed by atoms with Crippen LogP contribution >= 0.6 is 0 Å². The number of aromatic nitrogens is 3. The van der Waals surface area contributed by atoms with Gasteiger partial charge in [-0.05, 0) is 18.6 Å². The van der Waals surface area contributed by atoms with Crippen LogP contribution in [0.1, 0.15) is 23.0 Å². The van der Waals surface area contributed by atoms with Crippen molar-refractivity contribution in [3.05, 3.63) is 52.2 Å². The number of aryl methyl sites for hydroxylation is 2. The molecule has 0 spiro atoms. The first-order valence-corrected chi connectivity index (χ1v) is 8.27. The largest absolute Gasteiger partial charge is 0.335 e. The summed E-state index contributed by atoms with van der Waals surface area (Å²) in [7, 11) is 1.76. The second kappa shape index (κ2) is 7.00. The normalized spacial score (nSPS) is 15.7. The summed E-state index contributed by atoms with van der Waals surface area (Å²) in [5, 5.41) is 4.29. The molecule has 1 aliphatic rings. The van der Waals surface area contributed by atoms with Gasteiger partial charge in [-0.25, -0.2) is 0 Å². The Balaban J connectivity index is 1.56. The zero-order valence-electron chi connectivity index (χ0n) is 14.2. The molecule has 3 rings (SSSR count). The van der Waals surface area contributed by atoms with E-state index in [1.807, 2.05) is 30.3 Å². The van der Waals surface area contributed by atoms with Crippen molar-refractivity contribution in [3.63, 3.8) is 0 Å². The highest BCUT2D eigenvalue weighted by atomic mass is 16.2. The molecule has 0 saturated carbocycles. The van der Waals surface area contributed by atoms with Crippen LogP contribution in [-0.4, -0.2) is 56.2 Å². The fourth-order valence-corrected chi connectivity index (χ4v) is 2.93. The molecule has 2 aromatic rings. The van der Waals surface area contributed by atoms with E-state index in [1.54, 1.807) is 28.4 Å². The van der Waals surface area contributed by atoms with E-state index in [4.69, 9.17) is 0 Å². The van der Waals surface area contributed by atoms with E-state index in [0.717, 1.165) is 31.7 Å². The number of piperazine rings is 1. The molecule has 7 nitrogen and oxygen atoms in total. The van der Waals surface area contributed by atoms with Gasteiger partial charge in [0.2, 0.25) is 5.56 Å². The maximum atomic E-state index is 12.5. The van der Waals surface area contributed by atoms with E-state index < -0.39 is 0 Å². The van der Waals surface area contributed by atoms with Crippen molar-refractivity contribution in [2.24, 2.45) is 7.05 Å².